The summed E-state index contributed by atoms with van der Waals surface area (Å²) in [6.07, 6.45) is 0.579. The predicted molar refractivity (Wildman–Crippen MR) is 185 cm³/mol. The lowest BCUT2D eigenvalue weighted by Gasteiger charge is -2.49. The number of amides is 1. The van der Waals surface area contributed by atoms with Crippen molar-refractivity contribution in [1.82, 2.24) is 0 Å². The van der Waals surface area contributed by atoms with E-state index in [9.17, 15) is 18.7 Å². The molecule has 1 aliphatic heterocycles. The van der Waals surface area contributed by atoms with Crippen LogP contribution in [-0.2, 0) is 9.22 Å². The molecule has 0 spiro atoms. The number of carbonyl (C=O) groups excluding carboxylic acids is 1. The van der Waals surface area contributed by atoms with Crippen LogP contribution >= 0.6 is 0 Å². The highest BCUT2D eigenvalue weighted by Gasteiger charge is 2.53. The highest BCUT2D eigenvalue weighted by molar-refractivity contribution is 6.99. The van der Waals surface area contributed by atoms with Gasteiger partial charge in [-0.25, -0.2) is 8.78 Å². The normalized spacial score (nSPS) is 17.3. The monoisotopic (exact) mass is 647 g/mol. The third-order valence-corrected chi connectivity index (χ3v) is 14.3. The van der Waals surface area contributed by atoms with E-state index in [0.29, 0.717) is 18.5 Å². The van der Waals surface area contributed by atoms with Gasteiger partial charge < -0.3 is 14.4 Å². The van der Waals surface area contributed by atoms with Gasteiger partial charge in [-0.1, -0.05) is 106 Å². The van der Waals surface area contributed by atoms with Crippen LogP contribution in [0, 0.1) is 17.6 Å². The fourth-order valence-electron chi connectivity index (χ4n) is 6.98. The predicted octanol–water partition coefficient (Wildman–Crippen LogP) is 8.47. The van der Waals surface area contributed by atoms with Crippen molar-refractivity contribution in [3.63, 3.8) is 0 Å². The molecular weight excluding hydrogens is 609 g/mol. The number of hydrogen-bond acceptors (Lipinski definition) is 3. The average molecular weight is 648 g/mol. The molecule has 240 valence electrons. The maximum Gasteiger partial charge on any atom is 0.261 e. The zero-order chi connectivity index (χ0) is 33.2. The minimum Gasteiger partial charge on any atom is -0.508 e. The zero-order valence-corrected chi connectivity index (χ0v) is 27.8. The SMILES string of the molecule is CC(C)(C)[Si](O[C@@H](CC[C@@H]1C(=O)N(c2ccc(F)cc2)[C@H]1c1ccc(O)cc1)c1ccc(F)cc1)(c1ccccc1)c1ccccc1. The molecule has 47 heavy (non-hydrogen) atoms. The number of phenols is 1. The van der Waals surface area contributed by atoms with Gasteiger partial charge in [0.15, 0.2) is 0 Å². The van der Waals surface area contributed by atoms with Crippen LogP contribution in [0.4, 0.5) is 14.5 Å². The van der Waals surface area contributed by atoms with Crippen molar-refractivity contribution < 1.29 is 23.1 Å². The lowest BCUT2D eigenvalue weighted by atomic mass is 9.78. The lowest BCUT2D eigenvalue weighted by Crippen LogP contribution is -2.67. The Morgan fingerprint density at radius 2 is 1.26 bits per heavy atom. The second-order valence-corrected chi connectivity index (χ2v) is 17.5. The number of hydrogen-bond donors (Lipinski definition) is 1. The van der Waals surface area contributed by atoms with Crippen molar-refractivity contribution in [3.05, 3.63) is 156 Å². The average Bonchev–Trinajstić information content (AvgIpc) is 3.07. The Balaban J connectivity index is 1.39. The first-order valence-electron chi connectivity index (χ1n) is 16.0. The molecule has 0 aromatic heterocycles. The molecule has 0 radical (unpaired) electrons. The van der Waals surface area contributed by atoms with Gasteiger partial charge in [0, 0.05) is 5.69 Å². The summed E-state index contributed by atoms with van der Waals surface area (Å²) in [7, 11) is -3.00. The van der Waals surface area contributed by atoms with Gasteiger partial charge in [0.25, 0.3) is 8.32 Å². The number of anilines is 1. The zero-order valence-electron chi connectivity index (χ0n) is 26.8. The van der Waals surface area contributed by atoms with Gasteiger partial charge in [-0.15, -0.1) is 0 Å². The molecule has 1 amide bonds. The molecule has 1 fully saturated rings. The standard InChI is InChI=1S/C40H39F2NO3Si/c1-40(2,3)47(34-10-6-4-7-11-34,35-12-8-5-9-13-35)46-37(28-14-18-30(41)19-15-28)27-26-36-38(29-16-24-33(44)25-17-29)43(39(36)45)32-22-20-31(42)21-23-32/h4-25,36-38,44H,26-27H2,1-3H3/t36-,37-,38-/m0/s1. The molecule has 3 atom stereocenters. The first-order chi connectivity index (χ1) is 22.6. The molecule has 1 heterocycles. The molecule has 5 aromatic rings. The molecule has 6 rings (SSSR count). The van der Waals surface area contributed by atoms with Crippen LogP contribution in [-0.4, -0.2) is 19.3 Å². The van der Waals surface area contributed by atoms with Crippen LogP contribution in [0.3, 0.4) is 0 Å². The van der Waals surface area contributed by atoms with Crippen molar-refractivity contribution in [3.8, 4) is 5.75 Å². The number of carbonyl (C=O) groups is 1. The summed E-state index contributed by atoms with van der Waals surface area (Å²) in [6, 6.07) is 39.7. The summed E-state index contributed by atoms with van der Waals surface area (Å²) in [6.45, 7) is 6.66. The highest BCUT2D eigenvalue weighted by Crippen LogP contribution is 2.48. The summed E-state index contributed by atoms with van der Waals surface area (Å²) in [5.74, 6) is -0.996. The molecule has 5 aromatic carbocycles. The second-order valence-electron chi connectivity index (χ2n) is 13.2. The minimum atomic E-state index is -3.00. The fraction of sp³-hybridized carbons (Fsp3) is 0.225. The van der Waals surface area contributed by atoms with Gasteiger partial charge in [-0.2, -0.15) is 0 Å². The van der Waals surface area contributed by atoms with Gasteiger partial charge >= 0.3 is 0 Å². The highest BCUT2D eigenvalue weighted by atomic mass is 28.4. The molecule has 1 saturated heterocycles. The van der Waals surface area contributed by atoms with E-state index >= 15 is 0 Å². The Kier molecular flexibility index (Phi) is 9.13. The summed E-state index contributed by atoms with van der Waals surface area (Å²) < 4.78 is 35.6. The van der Waals surface area contributed by atoms with Crippen molar-refractivity contribution >= 4 is 30.3 Å². The van der Waals surface area contributed by atoms with E-state index in [1.807, 2.05) is 48.5 Å². The second kappa shape index (κ2) is 13.3. The first-order valence-corrected chi connectivity index (χ1v) is 17.9. The summed E-state index contributed by atoms with van der Waals surface area (Å²) in [5, 5.41) is 12.0. The lowest BCUT2D eigenvalue weighted by molar-refractivity contribution is -0.131. The van der Waals surface area contributed by atoms with Gasteiger partial charge in [0.1, 0.15) is 17.4 Å². The number of β-lactam (4-membered cyclic amide) rings is 1. The van der Waals surface area contributed by atoms with Crippen molar-refractivity contribution in [2.75, 3.05) is 4.90 Å². The molecule has 0 aliphatic carbocycles. The van der Waals surface area contributed by atoms with Crippen LogP contribution in [0.5, 0.6) is 5.75 Å². The van der Waals surface area contributed by atoms with Crippen molar-refractivity contribution in [2.45, 2.75) is 50.8 Å². The van der Waals surface area contributed by atoms with Gasteiger partial charge in [0.2, 0.25) is 5.91 Å². The van der Waals surface area contributed by atoms with E-state index in [1.165, 1.54) is 24.3 Å². The summed E-state index contributed by atoms with van der Waals surface area (Å²) >= 11 is 0. The number of phenolic OH excluding ortho intramolecular Hbond substituents is 1. The van der Waals surface area contributed by atoms with Crippen molar-refractivity contribution in [2.24, 2.45) is 5.92 Å². The Morgan fingerprint density at radius 1 is 0.745 bits per heavy atom. The Morgan fingerprint density at radius 3 is 1.77 bits per heavy atom. The molecule has 1 N–H and O–H groups in total. The maximum absolute atomic E-state index is 14.2. The Hall–Kier alpha value is -4.59. The number of benzene rings is 5. The van der Waals surface area contributed by atoms with E-state index < -0.39 is 14.4 Å². The molecule has 4 nitrogen and oxygen atoms in total. The molecule has 1 aliphatic rings. The van der Waals surface area contributed by atoms with Gasteiger partial charge in [-0.3, -0.25) is 4.79 Å². The van der Waals surface area contributed by atoms with Crippen molar-refractivity contribution in [1.29, 1.82) is 0 Å². The minimum absolute atomic E-state index is 0.0574. The molecule has 0 bridgehead atoms. The largest absolute Gasteiger partial charge is 0.508 e. The van der Waals surface area contributed by atoms with Crippen LogP contribution < -0.4 is 15.3 Å². The number of nitrogens with zero attached hydrogens (tertiary/aromatic N) is 1. The Bertz CT molecular complexity index is 1750. The molecule has 0 unspecified atom stereocenters. The smallest absolute Gasteiger partial charge is 0.261 e. The topological polar surface area (TPSA) is 49.8 Å². The third kappa shape index (κ3) is 6.38. The van der Waals surface area contributed by atoms with E-state index in [0.717, 1.165) is 21.5 Å². The van der Waals surface area contributed by atoms with Gasteiger partial charge in [0.05, 0.1) is 18.1 Å². The van der Waals surface area contributed by atoms with E-state index in [-0.39, 0.29) is 40.3 Å². The van der Waals surface area contributed by atoms with Crippen LogP contribution in [0.15, 0.2) is 133 Å². The number of halogens is 2. The van der Waals surface area contributed by atoms with Gasteiger partial charge in [-0.05, 0) is 87.9 Å². The summed E-state index contributed by atoms with van der Waals surface area (Å²) in [4.78, 5) is 15.6. The number of rotatable bonds is 10. The van der Waals surface area contributed by atoms with Crippen LogP contribution in [0.1, 0.15) is 56.9 Å². The van der Waals surface area contributed by atoms with E-state index in [1.54, 1.807) is 41.3 Å². The quantitative estimate of drug-likeness (QED) is 0.122. The van der Waals surface area contributed by atoms with Crippen LogP contribution in [0.2, 0.25) is 5.04 Å². The summed E-state index contributed by atoms with van der Waals surface area (Å²) in [5.41, 5.74) is 2.34. The Labute approximate surface area is 276 Å². The van der Waals surface area contributed by atoms with E-state index in [4.69, 9.17) is 4.43 Å². The molecule has 7 heteroatoms. The van der Waals surface area contributed by atoms with E-state index in [2.05, 4.69) is 45.0 Å². The fourth-order valence-corrected chi connectivity index (χ4v) is 11.7. The van der Waals surface area contributed by atoms with Crippen LogP contribution in [0.25, 0.3) is 0 Å². The first kappa shape index (κ1) is 32.4. The molecule has 0 saturated carbocycles. The molecular formula is C40H39F2NO3Si. The number of aromatic hydroxyl groups is 1. The maximum atomic E-state index is 14.2. The third-order valence-electron chi connectivity index (χ3n) is 9.27.